The molecule has 1 heterocycles. The van der Waals surface area contributed by atoms with Crippen LogP contribution < -0.4 is 5.32 Å². The highest BCUT2D eigenvalue weighted by molar-refractivity contribution is 7.11. The number of nitrogens with zero attached hydrogens (tertiary/aromatic N) is 2. The Morgan fingerprint density at radius 1 is 1.38 bits per heavy atom. The van der Waals surface area contributed by atoms with Crippen LogP contribution in [-0.2, 0) is 11.2 Å². The number of ether oxygens (including phenoxy) is 1. The summed E-state index contributed by atoms with van der Waals surface area (Å²) in [4.78, 5) is 0. The molecule has 4 nitrogen and oxygen atoms in total. The van der Waals surface area contributed by atoms with Crippen molar-refractivity contribution in [3.05, 3.63) is 10.0 Å². The first-order valence-corrected chi connectivity index (χ1v) is 6.61. The van der Waals surface area contributed by atoms with E-state index in [1.165, 1.54) is 0 Å². The fraction of sp³-hybridized carbons (Fsp3) is 0.818. The molecule has 0 spiro atoms. The molecule has 92 valence electrons. The van der Waals surface area contributed by atoms with Crippen molar-refractivity contribution in [2.75, 3.05) is 26.8 Å². The van der Waals surface area contributed by atoms with E-state index in [0.717, 1.165) is 42.6 Å². The quantitative estimate of drug-likeness (QED) is 0.708. The van der Waals surface area contributed by atoms with Gasteiger partial charge in [-0.3, -0.25) is 0 Å². The second kappa shape index (κ2) is 7.70. The Balaban J connectivity index is 2.24. The van der Waals surface area contributed by atoms with E-state index in [0.29, 0.717) is 5.92 Å². The van der Waals surface area contributed by atoms with Crippen molar-refractivity contribution in [2.24, 2.45) is 0 Å². The predicted molar refractivity (Wildman–Crippen MR) is 67.1 cm³/mol. The SMILES string of the molecule is CCC(C)c1nnc(CCNCCOC)s1. The molecule has 0 saturated heterocycles. The molecule has 5 heteroatoms. The number of methoxy groups -OCH3 is 1. The second-order valence-corrected chi connectivity index (χ2v) is 4.93. The van der Waals surface area contributed by atoms with Crippen molar-refractivity contribution >= 4 is 11.3 Å². The summed E-state index contributed by atoms with van der Waals surface area (Å²) in [6.07, 6.45) is 2.08. The summed E-state index contributed by atoms with van der Waals surface area (Å²) < 4.78 is 4.96. The third-order valence-corrected chi connectivity index (χ3v) is 3.73. The number of nitrogens with one attached hydrogen (secondary N) is 1. The van der Waals surface area contributed by atoms with Crippen molar-refractivity contribution < 1.29 is 4.74 Å². The van der Waals surface area contributed by atoms with E-state index >= 15 is 0 Å². The lowest BCUT2D eigenvalue weighted by molar-refractivity contribution is 0.199. The van der Waals surface area contributed by atoms with Gasteiger partial charge in [0.2, 0.25) is 0 Å². The average Bonchev–Trinajstić information content (AvgIpc) is 2.76. The Bertz CT molecular complexity index is 291. The first-order chi connectivity index (χ1) is 7.77. The fourth-order valence-corrected chi connectivity index (χ4v) is 2.21. The minimum absolute atomic E-state index is 0.535. The molecule has 0 aliphatic rings. The minimum Gasteiger partial charge on any atom is -0.383 e. The van der Waals surface area contributed by atoms with Gasteiger partial charge in [-0.05, 0) is 6.42 Å². The van der Waals surface area contributed by atoms with E-state index in [1.54, 1.807) is 18.4 Å². The van der Waals surface area contributed by atoms with Crippen LogP contribution in [0.25, 0.3) is 0 Å². The molecule has 0 bridgehead atoms. The van der Waals surface area contributed by atoms with Crippen LogP contribution in [0.1, 0.15) is 36.2 Å². The molecule has 0 aliphatic heterocycles. The van der Waals surface area contributed by atoms with Gasteiger partial charge < -0.3 is 10.1 Å². The first kappa shape index (κ1) is 13.5. The van der Waals surface area contributed by atoms with E-state index in [-0.39, 0.29) is 0 Å². The Labute approximate surface area is 101 Å². The number of hydrogen-bond acceptors (Lipinski definition) is 5. The molecular weight excluding hydrogens is 222 g/mol. The van der Waals surface area contributed by atoms with Crippen molar-refractivity contribution in [1.82, 2.24) is 15.5 Å². The maximum absolute atomic E-state index is 4.96. The number of hydrogen-bond donors (Lipinski definition) is 1. The monoisotopic (exact) mass is 243 g/mol. The summed E-state index contributed by atoms with van der Waals surface area (Å²) in [5, 5.41) is 14.0. The van der Waals surface area contributed by atoms with Crippen LogP contribution in [0.4, 0.5) is 0 Å². The molecule has 0 aromatic carbocycles. The van der Waals surface area contributed by atoms with Gasteiger partial charge in [0.25, 0.3) is 0 Å². The summed E-state index contributed by atoms with van der Waals surface area (Å²) in [6.45, 7) is 6.97. The van der Waals surface area contributed by atoms with Crippen LogP contribution in [0.15, 0.2) is 0 Å². The number of aromatic nitrogens is 2. The van der Waals surface area contributed by atoms with Crippen LogP contribution in [0.5, 0.6) is 0 Å². The lowest BCUT2D eigenvalue weighted by atomic mass is 10.1. The van der Waals surface area contributed by atoms with Gasteiger partial charge in [-0.1, -0.05) is 13.8 Å². The van der Waals surface area contributed by atoms with Gasteiger partial charge in [0.1, 0.15) is 10.0 Å². The van der Waals surface area contributed by atoms with E-state index < -0.39 is 0 Å². The van der Waals surface area contributed by atoms with E-state index in [2.05, 4.69) is 29.4 Å². The van der Waals surface area contributed by atoms with Crippen molar-refractivity contribution in [1.29, 1.82) is 0 Å². The standard InChI is InChI=1S/C11H21N3OS/c1-4-9(2)11-14-13-10(16-11)5-6-12-7-8-15-3/h9,12H,4-8H2,1-3H3. The summed E-state index contributed by atoms with van der Waals surface area (Å²) in [7, 11) is 1.71. The molecule has 0 aliphatic carbocycles. The minimum atomic E-state index is 0.535. The van der Waals surface area contributed by atoms with Crippen molar-refractivity contribution in [2.45, 2.75) is 32.6 Å². The predicted octanol–water partition coefficient (Wildman–Crippen LogP) is 1.83. The van der Waals surface area contributed by atoms with Crippen LogP contribution in [0.3, 0.4) is 0 Å². The third kappa shape index (κ3) is 4.55. The molecule has 0 saturated carbocycles. The molecule has 1 aromatic heterocycles. The molecule has 0 radical (unpaired) electrons. The first-order valence-electron chi connectivity index (χ1n) is 5.79. The molecule has 0 fully saturated rings. The summed E-state index contributed by atoms with van der Waals surface area (Å²) in [6, 6.07) is 0. The zero-order chi connectivity index (χ0) is 11.8. The molecule has 1 unspecified atom stereocenters. The smallest absolute Gasteiger partial charge is 0.120 e. The maximum atomic E-state index is 4.96. The summed E-state index contributed by atoms with van der Waals surface area (Å²) in [5.41, 5.74) is 0. The Hall–Kier alpha value is -0.520. The van der Waals surface area contributed by atoms with Gasteiger partial charge in [0.05, 0.1) is 6.61 Å². The van der Waals surface area contributed by atoms with Gasteiger partial charge in [0, 0.05) is 32.5 Å². The van der Waals surface area contributed by atoms with Gasteiger partial charge in [-0.25, -0.2) is 0 Å². The maximum Gasteiger partial charge on any atom is 0.120 e. The Morgan fingerprint density at radius 2 is 2.19 bits per heavy atom. The summed E-state index contributed by atoms with van der Waals surface area (Å²) >= 11 is 1.74. The van der Waals surface area contributed by atoms with Crippen molar-refractivity contribution in [3.63, 3.8) is 0 Å². The average molecular weight is 243 g/mol. The summed E-state index contributed by atoms with van der Waals surface area (Å²) in [5.74, 6) is 0.535. The van der Waals surface area contributed by atoms with Gasteiger partial charge in [-0.2, -0.15) is 0 Å². The molecule has 1 aromatic rings. The van der Waals surface area contributed by atoms with Gasteiger partial charge in [0.15, 0.2) is 0 Å². The van der Waals surface area contributed by atoms with E-state index in [9.17, 15) is 0 Å². The lowest BCUT2D eigenvalue weighted by Crippen LogP contribution is -2.21. The zero-order valence-electron chi connectivity index (χ0n) is 10.3. The van der Waals surface area contributed by atoms with E-state index in [1.807, 2.05) is 0 Å². The highest BCUT2D eigenvalue weighted by Crippen LogP contribution is 2.22. The topological polar surface area (TPSA) is 47.0 Å². The third-order valence-electron chi connectivity index (χ3n) is 2.52. The fourth-order valence-electron chi connectivity index (χ4n) is 1.24. The molecule has 1 N–H and O–H groups in total. The molecule has 16 heavy (non-hydrogen) atoms. The van der Waals surface area contributed by atoms with Crippen LogP contribution in [0, 0.1) is 0 Å². The van der Waals surface area contributed by atoms with E-state index in [4.69, 9.17) is 4.74 Å². The highest BCUT2D eigenvalue weighted by Gasteiger charge is 2.09. The molecule has 1 atom stereocenters. The highest BCUT2D eigenvalue weighted by atomic mass is 32.1. The second-order valence-electron chi connectivity index (χ2n) is 3.84. The molecule has 1 rings (SSSR count). The van der Waals surface area contributed by atoms with Crippen LogP contribution >= 0.6 is 11.3 Å². The largest absolute Gasteiger partial charge is 0.383 e. The lowest BCUT2D eigenvalue weighted by Gasteiger charge is -2.01. The molecular formula is C11H21N3OS. The van der Waals surface area contributed by atoms with Crippen molar-refractivity contribution in [3.8, 4) is 0 Å². The zero-order valence-corrected chi connectivity index (χ0v) is 11.1. The van der Waals surface area contributed by atoms with Crippen LogP contribution in [0.2, 0.25) is 0 Å². The Morgan fingerprint density at radius 3 is 2.88 bits per heavy atom. The van der Waals surface area contributed by atoms with Gasteiger partial charge >= 0.3 is 0 Å². The molecule has 0 amide bonds. The normalized spacial score (nSPS) is 12.9. The Kier molecular flexibility index (Phi) is 6.52. The van der Waals surface area contributed by atoms with Crippen LogP contribution in [-0.4, -0.2) is 37.0 Å². The number of rotatable bonds is 8. The van der Waals surface area contributed by atoms with Gasteiger partial charge in [-0.15, -0.1) is 21.5 Å².